The van der Waals surface area contributed by atoms with Crippen LogP contribution in [0.15, 0.2) is 18.5 Å². The van der Waals surface area contributed by atoms with Gasteiger partial charge in [0.1, 0.15) is 10.9 Å². The molecular formula is C16H18N4O3S. The summed E-state index contributed by atoms with van der Waals surface area (Å²) < 4.78 is 0. The topological polar surface area (TPSA) is 96.3 Å². The van der Waals surface area contributed by atoms with Gasteiger partial charge in [0.15, 0.2) is 10.8 Å². The average molecular weight is 346 g/mol. The number of carbonyl (C=O) groups excluding carboxylic acids is 1. The molecule has 2 aromatic heterocycles. The lowest BCUT2D eigenvalue weighted by Gasteiger charge is -2.35. The highest BCUT2D eigenvalue weighted by Crippen LogP contribution is 2.30. The zero-order chi connectivity index (χ0) is 17.3. The number of carbonyl (C=O) groups is 2. The molecule has 1 N–H and O–H groups in total. The normalized spacial score (nSPS) is 20.8. The van der Waals surface area contributed by atoms with E-state index in [1.807, 2.05) is 6.92 Å². The second kappa shape index (κ2) is 6.64. The van der Waals surface area contributed by atoms with Crippen LogP contribution in [0.2, 0.25) is 0 Å². The number of piperidine rings is 1. The molecule has 0 saturated carbocycles. The van der Waals surface area contributed by atoms with Crippen molar-refractivity contribution < 1.29 is 14.7 Å². The number of nitrogens with zero attached hydrogens (tertiary/aromatic N) is 4. The number of hydrogen-bond acceptors (Lipinski definition) is 6. The SMILES string of the molecule is Cc1nc(-c2ncccn2)sc1C(=O)N1CCC(C)CC1C(=O)O. The molecule has 3 rings (SSSR count). The van der Waals surface area contributed by atoms with Crippen LogP contribution >= 0.6 is 11.3 Å². The fourth-order valence-electron chi connectivity index (χ4n) is 2.85. The van der Waals surface area contributed by atoms with Crippen molar-refractivity contribution in [2.75, 3.05) is 6.54 Å². The number of aryl methyl sites for hydroxylation is 1. The third kappa shape index (κ3) is 3.14. The first-order valence-corrected chi connectivity index (χ1v) is 8.57. The lowest BCUT2D eigenvalue weighted by Crippen LogP contribution is -2.49. The largest absolute Gasteiger partial charge is 0.480 e. The highest BCUT2D eigenvalue weighted by Gasteiger charge is 2.36. The summed E-state index contributed by atoms with van der Waals surface area (Å²) in [7, 11) is 0. The summed E-state index contributed by atoms with van der Waals surface area (Å²) in [5.41, 5.74) is 0.579. The first-order chi connectivity index (χ1) is 11.5. The van der Waals surface area contributed by atoms with Gasteiger partial charge >= 0.3 is 5.97 Å². The molecular weight excluding hydrogens is 328 g/mol. The third-order valence-corrected chi connectivity index (χ3v) is 5.30. The van der Waals surface area contributed by atoms with Crippen LogP contribution in [-0.2, 0) is 4.79 Å². The van der Waals surface area contributed by atoms with Crippen LogP contribution in [0.5, 0.6) is 0 Å². The molecule has 1 aliphatic rings. The van der Waals surface area contributed by atoms with E-state index in [9.17, 15) is 14.7 Å². The molecule has 2 aromatic rings. The molecule has 0 aliphatic carbocycles. The van der Waals surface area contributed by atoms with Gasteiger partial charge in [0.25, 0.3) is 5.91 Å². The zero-order valence-corrected chi connectivity index (χ0v) is 14.3. The molecule has 0 spiro atoms. The van der Waals surface area contributed by atoms with Gasteiger partial charge in [-0.3, -0.25) is 4.79 Å². The van der Waals surface area contributed by atoms with Gasteiger partial charge < -0.3 is 10.0 Å². The molecule has 8 heteroatoms. The lowest BCUT2D eigenvalue weighted by atomic mass is 9.92. The van der Waals surface area contributed by atoms with E-state index >= 15 is 0 Å². The van der Waals surface area contributed by atoms with Gasteiger partial charge in [0.2, 0.25) is 0 Å². The number of carboxylic acids is 1. The predicted octanol–water partition coefficient (Wildman–Crippen LogP) is 2.23. The molecule has 1 fully saturated rings. The molecule has 1 amide bonds. The smallest absolute Gasteiger partial charge is 0.326 e. The van der Waals surface area contributed by atoms with Crippen molar-refractivity contribution in [3.63, 3.8) is 0 Å². The number of aromatic nitrogens is 3. The van der Waals surface area contributed by atoms with E-state index in [1.165, 1.54) is 16.2 Å². The number of thiazole rings is 1. The summed E-state index contributed by atoms with van der Waals surface area (Å²) in [5.74, 6) is -0.465. The number of rotatable bonds is 3. The van der Waals surface area contributed by atoms with Crippen LogP contribution in [0.25, 0.3) is 10.8 Å². The van der Waals surface area contributed by atoms with Crippen molar-refractivity contribution in [3.8, 4) is 10.8 Å². The molecule has 3 heterocycles. The highest BCUT2D eigenvalue weighted by molar-refractivity contribution is 7.17. The zero-order valence-electron chi connectivity index (χ0n) is 13.5. The minimum Gasteiger partial charge on any atom is -0.480 e. The maximum Gasteiger partial charge on any atom is 0.326 e. The van der Waals surface area contributed by atoms with E-state index < -0.39 is 12.0 Å². The van der Waals surface area contributed by atoms with Gasteiger partial charge in [-0.2, -0.15) is 0 Å². The Kier molecular flexibility index (Phi) is 4.57. The number of amides is 1. The van der Waals surface area contributed by atoms with Crippen molar-refractivity contribution in [2.45, 2.75) is 32.7 Å². The first-order valence-electron chi connectivity index (χ1n) is 7.76. The Morgan fingerprint density at radius 3 is 2.71 bits per heavy atom. The fourth-order valence-corrected chi connectivity index (χ4v) is 3.82. The molecule has 0 aromatic carbocycles. The minimum absolute atomic E-state index is 0.272. The molecule has 0 bridgehead atoms. The van der Waals surface area contributed by atoms with Crippen molar-refractivity contribution in [1.29, 1.82) is 0 Å². The summed E-state index contributed by atoms with van der Waals surface area (Å²) in [4.78, 5) is 39.0. The monoisotopic (exact) mass is 346 g/mol. The fraction of sp³-hybridized carbons (Fsp3) is 0.438. The van der Waals surface area contributed by atoms with E-state index in [2.05, 4.69) is 15.0 Å². The summed E-state index contributed by atoms with van der Waals surface area (Å²) in [6.45, 7) is 4.21. The standard InChI is InChI=1S/C16H18N4O3S/c1-9-4-7-20(11(8-9)16(22)23)15(21)12-10(2)19-14(24-12)13-17-5-3-6-18-13/h3,5-6,9,11H,4,7-8H2,1-2H3,(H,22,23). The van der Waals surface area contributed by atoms with Crippen LogP contribution in [0.4, 0.5) is 0 Å². The summed E-state index contributed by atoms with van der Waals surface area (Å²) in [6.07, 6.45) is 4.52. The van der Waals surface area contributed by atoms with Crippen molar-refractivity contribution >= 4 is 23.2 Å². The predicted molar refractivity (Wildman–Crippen MR) is 88.7 cm³/mol. The number of likely N-dealkylation sites (tertiary alicyclic amines) is 1. The molecule has 126 valence electrons. The average Bonchev–Trinajstić information content (AvgIpc) is 2.97. The Morgan fingerprint density at radius 1 is 1.33 bits per heavy atom. The lowest BCUT2D eigenvalue weighted by molar-refractivity contribution is -0.144. The summed E-state index contributed by atoms with van der Waals surface area (Å²) in [6, 6.07) is 0.932. The van der Waals surface area contributed by atoms with Gasteiger partial charge in [-0.25, -0.2) is 19.7 Å². The van der Waals surface area contributed by atoms with Crippen molar-refractivity contribution in [1.82, 2.24) is 19.9 Å². The van der Waals surface area contributed by atoms with Crippen molar-refractivity contribution in [3.05, 3.63) is 29.0 Å². The van der Waals surface area contributed by atoms with E-state index in [4.69, 9.17) is 0 Å². The molecule has 24 heavy (non-hydrogen) atoms. The van der Waals surface area contributed by atoms with Crippen LogP contribution in [-0.4, -0.2) is 49.4 Å². The molecule has 7 nitrogen and oxygen atoms in total. The molecule has 1 saturated heterocycles. The second-order valence-corrected chi connectivity index (χ2v) is 6.99. The van der Waals surface area contributed by atoms with E-state index in [0.717, 1.165) is 6.42 Å². The van der Waals surface area contributed by atoms with E-state index in [0.29, 0.717) is 40.3 Å². The first kappa shape index (κ1) is 16.5. The molecule has 0 radical (unpaired) electrons. The maximum atomic E-state index is 12.9. The Labute approximate surface area is 143 Å². The number of carboxylic acid groups (broad SMARTS) is 1. The Bertz CT molecular complexity index is 762. The van der Waals surface area contributed by atoms with Gasteiger partial charge in [-0.05, 0) is 31.7 Å². The maximum absolute atomic E-state index is 12.9. The molecule has 2 unspecified atom stereocenters. The summed E-state index contributed by atoms with van der Waals surface area (Å²) >= 11 is 1.21. The number of hydrogen-bond donors (Lipinski definition) is 1. The Hall–Kier alpha value is -2.35. The van der Waals surface area contributed by atoms with Crippen molar-refractivity contribution in [2.24, 2.45) is 5.92 Å². The second-order valence-electron chi connectivity index (χ2n) is 5.99. The van der Waals surface area contributed by atoms with Crippen LogP contribution in [0, 0.1) is 12.8 Å². The van der Waals surface area contributed by atoms with Crippen LogP contribution in [0.1, 0.15) is 35.1 Å². The third-order valence-electron chi connectivity index (χ3n) is 4.16. The Balaban J connectivity index is 1.90. The van der Waals surface area contributed by atoms with Gasteiger partial charge in [-0.1, -0.05) is 6.92 Å². The van der Waals surface area contributed by atoms with E-state index in [1.54, 1.807) is 25.4 Å². The van der Waals surface area contributed by atoms with Crippen LogP contribution < -0.4 is 0 Å². The summed E-state index contributed by atoms with van der Waals surface area (Å²) in [5, 5.41) is 10.0. The number of aliphatic carboxylic acids is 1. The van der Waals surface area contributed by atoms with E-state index in [-0.39, 0.29) is 5.91 Å². The molecule has 1 aliphatic heterocycles. The Morgan fingerprint density at radius 2 is 2.04 bits per heavy atom. The van der Waals surface area contributed by atoms with Gasteiger partial charge in [-0.15, -0.1) is 11.3 Å². The van der Waals surface area contributed by atoms with Gasteiger partial charge in [0.05, 0.1) is 5.69 Å². The highest BCUT2D eigenvalue weighted by atomic mass is 32.1. The van der Waals surface area contributed by atoms with Crippen LogP contribution in [0.3, 0.4) is 0 Å². The quantitative estimate of drug-likeness (QED) is 0.915. The minimum atomic E-state index is -0.955. The van der Waals surface area contributed by atoms with Gasteiger partial charge in [0, 0.05) is 18.9 Å². The molecule has 2 atom stereocenters.